The molecule has 1 fully saturated rings. The van der Waals surface area contributed by atoms with Gasteiger partial charge in [0.15, 0.2) is 0 Å². The molecule has 2 aromatic rings. The zero-order valence-electron chi connectivity index (χ0n) is 15.8. The Bertz CT molecular complexity index is 717. The van der Waals surface area contributed by atoms with E-state index in [1.807, 2.05) is 42.3 Å². The summed E-state index contributed by atoms with van der Waals surface area (Å²) in [4.78, 5) is 16.3. The van der Waals surface area contributed by atoms with Crippen molar-refractivity contribution in [3.63, 3.8) is 0 Å². The molecular formula is C22H29N2O2+. The van der Waals surface area contributed by atoms with Gasteiger partial charge in [0.2, 0.25) is 5.91 Å². The number of piperidine rings is 1. The number of methoxy groups -OCH3 is 1. The summed E-state index contributed by atoms with van der Waals surface area (Å²) in [6.07, 6.45) is 2.09. The lowest BCUT2D eigenvalue weighted by Crippen LogP contribution is -3.12. The number of quaternary nitrogens is 1. The van der Waals surface area contributed by atoms with E-state index in [-0.39, 0.29) is 11.8 Å². The molecule has 26 heavy (non-hydrogen) atoms. The van der Waals surface area contributed by atoms with Crippen LogP contribution in [-0.2, 0) is 17.9 Å². The number of nitrogens with zero attached hydrogens (tertiary/aromatic N) is 1. The van der Waals surface area contributed by atoms with Gasteiger partial charge in [0.05, 0.1) is 26.1 Å². The van der Waals surface area contributed by atoms with Gasteiger partial charge in [-0.15, -0.1) is 0 Å². The van der Waals surface area contributed by atoms with E-state index in [4.69, 9.17) is 4.74 Å². The molecule has 1 unspecified atom stereocenters. The molecular weight excluding hydrogens is 324 g/mol. The molecule has 1 N–H and O–H groups in total. The highest BCUT2D eigenvalue weighted by atomic mass is 16.5. The van der Waals surface area contributed by atoms with Gasteiger partial charge in [-0.2, -0.15) is 0 Å². The standard InChI is InChI=1S/C22H28N2O2/c1-23(15-18-9-4-3-5-10-18)22(25)20-12-8-14-24(17-20)16-19-11-6-7-13-21(19)26-2/h3-7,9-11,13,20H,8,12,14-17H2,1-2H3/p+1/t20-/m1/s1. The van der Waals surface area contributed by atoms with Gasteiger partial charge < -0.3 is 14.5 Å². The van der Waals surface area contributed by atoms with Crippen molar-refractivity contribution in [3.05, 3.63) is 65.7 Å². The van der Waals surface area contributed by atoms with Crippen LogP contribution in [0.25, 0.3) is 0 Å². The molecule has 4 heteroatoms. The van der Waals surface area contributed by atoms with Crippen molar-refractivity contribution in [2.24, 2.45) is 5.92 Å². The molecule has 0 aliphatic carbocycles. The number of carbonyl (C=O) groups excluding carboxylic acids is 1. The third kappa shape index (κ3) is 4.64. The summed E-state index contributed by atoms with van der Waals surface area (Å²) in [6.45, 7) is 3.61. The highest BCUT2D eigenvalue weighted by molar-refractivity contribution is 5.78. The predicted octanol–water partition coefficient (Wildman–Crippen LogP) is 2.15. The lowest BCUT2D eigenvalue weighted by Gasteiger charge is -2.31. The molecule has 1 aliphatic rings. The van der Waals surface area contributed by atoms with Gasteiger partial charge in [0.1, 0.15) is 12.3 Å². The van der Waals surface area contributed by atoms with Gasteiger partial charge in [-0.05, 0) is 30.5 Å². The van der Waals surface area contributed by atoms with Crippen molar-refractivity contribution >= 4 is 5.91 Å². The first-order chi connectivity index (χ1) is 12.7. The molecule has 0 saturated carbocycles. The number of hydrogen-bond donors (Lipinski definition) is 1. The van der Waals surface area contributed by atoms with Crippen LogP contribution in [0.3, 0.4) is 0 Å². The van der Waals surface area contributed by atoms with E-state index < -0.39 is 0 Å². The molecule has 1 heterocycles. The average molecular weight is 353 g/mol. The normalized spacial score (nSPS) is 19.8. The van der Waals surface area contributed by atoms with Gasteiger partial charge in [-0.1, -0.05) is 42.5 Å². The fourth-order valence-electron chi connectivity index (χ4n) is 3.89. The molecule has 3 rings (SSSR count). The minimum atomic E-state index is 0.113. The van der Waals surface area contributed by atoms with Crippen molar-refractivity contribution in [2.75, 3.05) is 27.2 Å². The summed E-state index contributed by atoms with van der Waals surface area (Å²) in [5.41, 5.74) is 2.40. The first-order valence-corrected chi connectivity index (χ1v) is 9.41. The van der Waals surface area contributed by atoms with Crippen molar-refractivity contribution in [1.82, 2.24) is 4.90 Å². The van der Waals surface area contributed by atoms with Crippen molar-refractivity contribution in [2.45, 2.75) is 25.9 Å². The van der Waals surface area contributed by atoms with Crippen LogP contribution in [-0.4, -0.2) is 38.1 Å². The van der Waals surface area contributed by atoms with Gasteiger partial charge in [0, 0.05) is 19.2 Å². The smallest absolute Gasteiger partial charge is 0.231 e. The monoisotopic (exact) mass is 353 g/mol. The number of carbonyl (C=O) groups is 1. The molecule has 138 valence electrons. The number of amides is 1. The minimum absolute atomic E-state index is 0.113. The van der Waals surface area contributed by atoms with E-state index >= 15 is 0 Å². The predicted molar refractivity (Wildman–Crippen MR) is 103 cm³/mol. The van der Waals surface area contributed by atoms with Gasteiger partial charge in [0.25, 0.3) is 0 Å². The Morgan fingerprint density at radius 3 is 2.65 bits per heavy atom. The van der Waals surface area contributed by atoms with Crippen molar-refractivity contribution in [3.8, 4) is 5.75 Å². The quantitative estimate of drug-likeness (QED) is 0.863. The molecule has 1 aliphatic heterocycles. The molecule has 0 aromatic heterocycles. The minimum Gasteiger partial charge on any atom is -0.496 e. The Morgan fingerprint density at radius 1 is 1.15 bits per heavy atom. The first-order valence-electron chi connectivity index (χ1n) is 9.41. The molecule has 1 saturated heterocycles. The van der Waals surface area contributed by atoms with Crippen LogP contribution in [0, 0.1) is 5.92 Å². The maximum absolute atomic E-state index is 12.9. The Morgan fingerprint density at radius 2 is 1.88 bits per heavy atom. The average Bonchev–Trinajstić information content (AvgIpc) is 2.69. The number of likely N-dealkylation sites (tertiary alicyclic amines) is 1. The second-order valence-electron chi connectivity index (χ2n) is 7.21. The van der Waals surface area contributed by atoms with E-state index in [9.17, 15) is 4.79 Å². The Kier molecular flexibility index (Phi) is 6.29. The van der Waals surface area contributed by atoms with Crippen molar-refractivity contribution < 1.29 is 14.4 Å². The zero-order valence-corrected chi connectivity index (χ0v) is 15.8. The Balaban J connectivity index is 1.59. The van der Waals surface area contributed by atoms with Crippen molar-refractivity contribution in [1.29, 1.82) is 0 Å². The van der Waals surface area contributed by atoms with Crippen LogP contribution in [0.15, 0.2) is 54.6 Å². The largest absolute Gasteiger partial charge is 0.496 e. The number of hydrogen-bond acceptors (Lipinski definition) is 2. The fraction of sp³-hybridized carbons (Fsp3) is 0.409. The second-order valence-corrected chi connectivity index (χ2v) is 7.21. The van der Waals surface area contributed by atoms with Crippen LogP contribution >= 0.6 is 0 Å². The lowest BCUT2D eigenvalue weighted by atomic mass is 9.96. The molecule has 2 aromatic carbocycles. The van der Waals surface area contributed by atoms with Crippen LogP contribution in [0.4, 0.5) is 0 Å². The highest BCUT2D eigenvalue weighted by Gasteiger charge is 2.31. The van der Waals surface area contributed by atoms with Crippen LogP contribution in [0.1, 0.15) is 24.0 Å². The van der Waals surface area contributed by atoms with Gasteiger partial charge in [-0.3, -0.25) is 4.79 Å². The van der Waals surface area contributed by atoms with Gasteiger partial charge >= 0.3 is 0 Å². The number of para-hydroxylation sites is 1. The molecule has 0 spiro atoms. The lowest BCUT2D eigenvalue weighted by molar-refractivity contribution is -0.921. The molecule has 2 atom stereocenters. The number of ether oxygens (including phenoxy) is 1. The Labute approximate surface area is 156 Å². The summed E-state index contributed by atoms with van der Waals surface area (Å²) in [5, 5.41) is 0. The SMILES string of the molecule is COc1ccccc1C[NH+]1CCC[C@@H](C(=O)N(C)Cc2ccccc2)C1. The third-order valence-electron chi connectivity index (χ3n) is 5.24. The Hall–Kier alpha value is -2.33. The van der Waals surface area contributed by atoms with Crippen LogP contribution in [0.5, 0.6) is 5.75 Å². The van der Waals surface area contributed by atoms with Gasteiger partial charge in [-0.25, -0.2) is 0 Å². The summed E-state index contributed by atoms with van der Waals surface area (Å²) in [5.74, 6) is 1.32. The maximum Gasteiger partial charge on any atom is 0.231 e. The van der Waals surface area contributed by atoms with E-state index in [0.29, 0.717) is 6.54 Å². The first kappa shape index (κ1) is 18.5. The fourth-order valence-corrected chi connectivity index (χ4v) is 3.89. The summed E-state index contributed by atoms with van der Waals surface area (Å²) in [7, 11) is 3.64. The summed E-state index contributed by atoms with van der Waals surface area (Å²) in [6, 6.07) is 18.4. The summed E-state index contributed by atoms with van der Waals surface area (Å²) < 4.78 is 5.48. The topological polar surface area (TPSA) is 34.0 Å². The molecule has 0 bridgehead atoms. The number of benzene rings is 2. The maximum atomic E-state index is 12.9. The molecule has 4 nitrogen and oxygen atoms in total. The van der Waals surface area contributed by atoms with E-state index in [2.05, 4.69) is 24.3 Å². The van der Waals surface area contributed by atoms with E-state index in [1.54, 1.807) is 7.11 Å². The second kappa shape index (κ2) is 8.86. The highest BCUT2D eigenvalue weighted by Crippen LogP contribution is 2.17. The summed E-state index contributed by atoms with van der Waals surface area (Å²) >= 11 is 0. The zero-order chi connectivity index (χ0) is 18.4. The van der Waals surface area contributed by atoms with E-state index in [0.717, 1.165) is 38.2 Å². The van der Waals surface area contributed by atoms with Crippen LogP contribution in [0.2, 0.25) is 0 Å². The number of rotatable bonds is 6. The number of nitrogens with one attached hydrogen (secondary N) is 1. The third-order valence-corrected chi connectivity index (χ3v) is 5.24. The van der Waals surface area contributed by atoms with E-state index in [1.165, 1.54) is 16.0 Å². The molecule has 1 amide bonds. The van der Waals surface area contributed by atoms with Crippen LogP contribution < -0.4 is 9.64 Å². The molecule has 0 radical (unpaired) electrons.